The Hall–Kier alpha value is -2.32. The standard InChI is InChI=1S/C17H21N5/c1-14-19-16(13-20(14)2)17(12-18)22-10-8-21(9-11-22)15-6-4-3-5-7-15/h3-7,13,17H,8-11H2,1-2H3. The summed E-state index contributed by atoms with van der Waals surface area (Å²) in [6.45, 7) is 5.60. The van der Waals surface area contributed by atoms with E-state index in [0.29, 0.717) is 0 Å². The van der Waals surface area contributed by atoms with Gasteiger partial charge in [0.05, 0.1) is 11.8 Å². The minimum Gasteiger partial charge on any atom is -0.369 e. The SMILES string of the molecule is Cc1nc(C(C#N)N2CCN(c3ccccc3)CC2)cn1C. The van der Waals surface area contributed by atoms with E-state index in [1.165, 1.54) is 5.69 Å². The minimum absolute atomic E-state index is 0.252. The van der Waals surface area contributed by atoms with E-state index in [4.69, 9.17) is 0 Å². The molecule has 0 saturated carbocycles. The largest absolute Gasteiger partial charge is 0.369 e. The predicted molar refractivity (Wildman–Crippen MR) is 86.5 cm³/mol. The molecule has 0 amide bonds. The van der Waals surface area contributed by atoms with E-state index >= 15 is 0 Å². The topological polar surface area (TPSA) is 48.1 Å². The molecule has 114 valence electrons. The molecule has 1 aromatic heterocycles. The van der Waals surface area contributed by atoms with Crippen molar-refractivity contribution in [2.24, 2.45) is 7.05 Å². The highest BCUT2D eigenvalue weighted by atomic mass is 15.3. The zero-order chi connectivity index (χ0) is 15.5. The number of rotatable bonds is 3. The van der Waals surface area contributed by atoms with Crippen LogP contribution in [-0.4, -0.2) is 40.6 Å². The molecule has 0 spiro atoms. The lowest BCUT2D eigenvalue weighted by Crippen LogP contribution is -2.47. The zero-order valence-electron chi connectivity index (χ0n) is 13.1. The highest BCUT2D eigenvalue weighted by Gasteiger charge is 2.26. The number of aryl methyl sites for hydroxylation is 2. The number of nitrogens with zero attached hydrogens (tertiary/aromatic N) is 5. The van der Waals surface area contributed by atoms with E-state index in [0.717, 1.165) is 37.7 Å². The van der Waals surface area contributed by atoms with E-state index < -0.39 is 0 Å². The van der Waals surface area contributed by atoms with Crippen molar-refractivity contribution in [2.75, 3.05) is 31.1 Å². The molecular formula is C17H21N5. The number of piperazine rings is 1. The number of para-hydroxylation sites is 1. The van der Waals surface area contributed by atoms with Gasteiger partial charge in [0.15, 0.2) is 0 Å². The van der Waals surface area contributed by atoms with E-state index in [9.17, 15) is 5.26 Å². The first-order chi connectivity index (χ1) is 10.7. The normalized spacial score (nSPS) is 17.2. The maximum absolute atomic E-state index is 9.56. The highest BCUT2D eigenvalue weighted by Crippen LogP contribution is 2.23. The Balaban J connectivity index is 1.68. The number of nitriles is 1. The molecule has 1 unspecified atom stereocenters. The Bertz CT molecular complexity index is 643. The second-order valence-corrected chi connectivity index (χ2v) is 5.71. The Morgan fingerprint density at radius 3 is 2.36 bits per heavy atom. The third-order valence-corrected chi connectivity index (χ3v) is 4.33. The van der Waals surface area contributed by atoms with Gasteiger partial charge in [-0.1, -0.05) is 18.2 Å². The molecule has 1 fully saturated rings. The van der Waals surface area contributed by atoms with Crippen LogP contribution in [0, 0.1) is 18.3 Å². The highest BCUT2D eigenvalue weighted by molar-refractivity contribution is 5.46. The third kappa shape index (κ3) is 2.83. The number of anilines is 1. The molecule has 1 saturated heterocycles. The van der Waals surface area contributed by atoms with Gasteiger partial charge in [-0.25, -0.2) is 4.98 Å². The maximum atomic E-state index is 9.56. The molecule has 1 aromatic carbocycles. The van der Waals surface area contributed by atoms with Gasteiger partial charge in [-0.05, 0) is 19.1 Å². The fourth-order valence-electron chi connectivity index (χ4n) is 2.93. The molecule has 0 N–H and O–H groups in total. The quantitative estimate of drug-likeness (QED) is 0.870. The summed E-state index contributed by atoms with van der Waals surface area (Å²) >= 11 is 0. The first-order valence-corrected chi connectivity index (χ1v) is 7.62. The Labute approximate surface area is 131 Å². The van der Waals surface area contributed by atoms with Crippen LogP contribution >= 0.6 is 0 Å². The minimum atomic E-state index is -0.252. The van der Waals surface area contributed by atoms with Crippen molar-refractivity contribution < 1.29 is 0 Å². The smallest absolute Gasteiger partial charge is 0.142 e. The van der Waals surface area contributed by atoms with Crippen LogP contribution in [0.1, 0.15) is 17.6 Å². The molecule has 5 heteroatoms. The van der Waals surface area contributed by atoms with E-state index in [1.807, 2.05) is 30.8 Å². The van der Waals surface area contributed by atoms with Crippen LogP contribution in [0.5, 0.6) is 0 Å². The van der Waals surface area contributed by atoms with Crippen molar-refractivity contribution in [1.82, 2.24) is 14.5 Å². The lowest BCUT2D eigenvalue weighted by Gasteiger charge is -2.37. The molecule has 3 rings (SSSR count). The molecule has 2 aromatic rings. The van der Waals surface area contributed by atoms with Crippen LogP contribution in [0.4, 0.5) is 5.69 Å². The van der Waals surface area contributed by atoms with Crippen LogP contribution in [0.25, 0.3) is 0 Å². The van der Waals surface area contributed by atoms with Crippen molar-refractivity contribution in [2.45, 2.75) is 13.0 Å². The molecule has 2 heterocycles. The van der Waals surface area contributed by atoms with Crippen molar-refractivity contribution in [3.63, 3.8) is 0 Å². The molecule has 22 heavy (non-hydrogen) atoms. The van der Waals surface area contributed by atoms with Crippen LogP contribution in [0.3, 0.4) is 0 Å². The van der Waals surface area contributed by atoms with E-state index in [-0.39, 0.29) is 6.04 Å². The lowest BCUT2D eigenvalue weighted by atomic mass is 10.1. The molecular weight excluding hydrogens is 274 g/mol. The van der Waals surface area contributed by atoms with Gasteiger partial charge >= 0.3 is 0 Å². The van der Waals surface area contributed by atoms with Gasteiger partial charge in [0.1, 0.15) is 11.9 Å². The van der Waals surface area contributed by atoms with Crippen molar-refractivity contribution >= 4 is 5.69 Å². The molecule has 0 bridgehead atoms. The van der Waals surface area contributed by atoms with Gasteiger partial charge < -0.3 is 9.47 Å². The number of aromatic nitrogens is 2. The van der Waals surface area contributed by atoms with Crippen LogP contribution < -0.4 is 4.90 Å². The Morgan fingerprint density at radius 2 is 1.82 bits per heavy atom. The summed E-state index contributed by atoms with van der Waals surface area (Å²) in [6, 6.07) is 12.6. The lowest BCUT2D eigenvalue weighted by molar-refractivity contribution is 0.219. The Morgan fingerprint density at radius 1 is 1.14 bits per heavy atom. The molecule has 1 aliphatic heterocycles. The first kappa shape index (κ1) is 14.6. The Kier molecular flexibility index (Phi) is 4.12. The summed E-state index contributed by atoms with van der Waals surface area (Å²) in [5.41, 5.74) is 2.11. The third-order valence-electron chi connectivity index (χ3n) is 4.33. The van der Waals surface area contributed by atoms with Gasteiger partial charge in [0.25, 0.3) is 0 Å². The van der Waals surface area contributed by atoms with E-state index in [2.05, 4.69) is 45.1 Å². The molecule has 1 aliphatic rings. The fraction of sp³-hybridized carbons (Fsp3) is 0.412. The second-order valence-electron chi connectivity index (χ2n) is 5.71. The average molecular weight is 295 g/mol. The maximum Gasteiger partial charge on any atom is 0.142 e. The van der Waals surface area contributed by atoms with Crippen molar-refractivity contribution in [3.8, 4) is 6.07 Å². The summed E-state index contributed by atoms with van der Waals surface area (Å²) in [5, 5.41) is 9.56. The predicted octanol–water partition coefficient (Wildman–Crippen LogP) is 2.12. The number of benzene rings is 1. The number of hydrogen-bond acceptors (Lipinski definition) is 4. The summed E-state index contributed by atoms with van der Waals surface area (Å²) in [6.07, 6.45) is 1.97. The molecule has 1 atom stereocenters. The van der Waals surface area contributed by atoms with Crippen LogP contribution in [0.2, 0.25) is 0 Å². The monoisotopic (exact) mass is 295 g/mol. The van der Waals surface area contributed by atoms with Crippen molar-refractivity contribution in [1.29, 1.82) is 5.26 Å². The summed E-state index contributed by atoms with van der Waals surface area (Å²) < 4.78 is 1.97. The van der Waals surface area contributed by atoms with Gasteiger partial charge in [0.2, 0.25) is 0 Å². The average Bonchev–Trinajstić information content (AvgIpc) is 2.88. The van der Waals surface area contributed by atoms with Gasteiger partial charge in [-0.2, -0.15) is 5.26 Å². The van der Waals surface area contributed by atoms with Crippen molar-refractivity contribution in [3.05, 3.63) is 48.0 Å². The first-order valence-electron chi connectivity index (χ1n) is 7.62. The summed E-state index contributed by atoms with van der Waals surface area (Å²) in [5.74, 6) is 0.943. The summed E-state index contributed by atoms with van der Waals surface area (Å²) in [7, 11) is 1.97. The molecule has 0 radical (unpaired) electrons. The van der Waals surface area contributed by atoms with E-state index in [1.54, 1.807) is 0 Å². The molecule has 5 nitrogen and oxygen atoms in total. The number of hydrogen-bond donors (Lipinski definition) is 0. The van der Waals surface area contributed by atoms with Gasteiger partial charge in [-0.15, -0.1) is 0 Å². The van der Waals surface area contributed by atoms with Crippen LogP contribution in [0.15, 0.2) is 36.5 Å². The zero-order valence-corrected chi connectivity index (χ0v) is 13.1. The molecule has 0 aliphatic carbocycles. The van der Waals surface area contributed by atoms with Crippen LogP contribution in [-0.2, 0) is 7.05 Å². The number of imidazole rings is 1. The second kappa shape index (κ2) is 6.20. The fourth-order valence-corrected chi connectivity index (χ4v) is 2.93. The van der Waals surface area contributed by atoms with Gasteiger partial charge in [0, 0.05) is 45.1 Å². The van der Waals surface area contributed by atoms with Gasteiger partial charge in [-0.3, -0.25) is 4.90 Å². The summed E-state index contributed by atoms with van der Waals surface area (Å²) in [4.78, 5) is 9.11.